The minimum Gasteiger partial charge on any atom is -0.310 e. The summed E-state index contributed by atoms with van der Waals surface area (Å²) in [7, 11) is 0. The standard InChI is InChI=1S/C17H16F3N/c18-17(19,20)15-9-7-13(8-10-15)12-3-5-14(6-4-12)16-2-1-11-21-16/h3-10,16,21H,1-2,11H2/t16-/m1/s1. The van der Waals surface area contributed by atoms with Crippen molar-refractivity contribution in [1.29, 1.82) is 0 Å². The van der Waals surface area contributed by atoms with Crippen LogP contribution in [0.4, 0.5) is 13.2 Å². The van der Waals surface area contributed by atoms with Crippen LogP contribution < -0.4 is 5.32 Å². The van der Waals surface area contributed by atoms with Crippen LogP contribution in [0.2, 0.25) is 0 Å². The second-order valence-corrected chi connectivity index (χ2v) is 5.35. The Balaban J connectivity index is 1.80. The molecule has 1 fully saturated rings. The third kappa shape index (κ3) is 3.10. The predicted molar refractivity (Wildman–Crippen MR) is 76.9 cm³/mol. The number of alkyl halides is 3. The van der Waals surface area contributed by atoms with E-state index in [1.54, 1.807) is 0 Å². The van der Waals surface area contributed by atoms with Gasteiger partial charge in [-0.3, -0.25) is 0 Å². The molecule has 0 radical (unpaired) electrons. The summed E-state index contributed by atoms with van der Waals surface area (Å²) in [4.78, 5) is 0. The Labute approximate surface area is 121 Å². The molecular weight excluding hydrogens is 275 g/mol. The van der Waals surface area contributed by atoms with Crippen molar-refractivity contribution < 1.29 is 13.2 Å². The summed E-state index contributed by atoms with van der Waals surface area (Å²) in [5.41, 5.74) is 2.36. The molecule has 110 valence electrons. The maximum Gasteiger partial charge on any atom is 0.416 e. The second kappa shape index (κ2) is 5.53. The lowest BCUT2D eigenvalue weighted by atomic mass is 9.99. The molecule has 1 aliphatic rings. The lowest BCUT2D eigenvalue weighted by Crippen LogP contribution is -2.12. The number of hydrogen-bond donors (Lipinski definition) is 1. The second-order valence-electron chi connectivity index (χ2n) is 5.35. The topological polar surface area (TPSA) is 12.0 Å². The summed E-state index contributed by atoms with van der Waals surface area (Å²) < 4.78 is 37.6. The molecule has 2 aromatic carbocycles. The highest BCUT2D eigenvalue weighted by molar-refractivity contribution is 5.64. The van der Waals surface area contributed by atoms with Crippen molar-refractivity contribution in [2.75, 3.05) is 6.54 Å². The fourth-order valence-electron chi connectivity index (χ4n) is 2.73. The van der Waals surface area contributed by atoms with Gasteiger partial charge in [0, 0.05) is 6.04 Å². The van der Waals surface area contributed by atoms with Crippen molar-refractivity contribution in [3.05, 3.63) is 59.7 Å². The summed E-state index contributed by atoms with van der Waals surface area (Å²) in [6, 6.07) is 13.7. The van der Waals surface area contributed by atoms with Crippen LogP contribution in [0.15, 0.2) is 48.5 Å². The van der Waals surface area contributed by atoms with E-state index in [-0.39, 0.29) is 0 Å². The monoisotopic (exact) mass is 291 g/mol. The molecule has 0 spiro atoms. The van der Waals surface area contributed by atoms with Crippen LogP contribution in [0.25, 0.3) is 11.1 Å². The van der Waals surface area contributed by atoms with E-state index >= 15 is 0 Å². The van der Waals surface area contributed by atoms with Gasteiger partial charge in [0.25, 0.3) is 0 Å². The van der Waals surface area contributed by atoms with E-state index < -0.39 is 11.7 Å². The lowest BCUT2D eigenvalue weighted by molar-refractivity contribution is -0.137. The van der Waals surface area contributed by atoms with Gasteiger partial charge in [-0.1, -0.05) is 36.4 Å². The fraction of sp³-hybridized carbons (Fsp3) is 0.294. The average Bonchev–Trinajstić information content (AvgIpc) is 3.01. The summed E-state index contributed by atoms with van der Waals surface area (Å²) >= 11 is 0. The molecule has 21 heavy (non-hydrogen) atoms. The number of benzene rings is 2. The minimum absolute atomic E-state index is 0.409. The minimum atomic E-state index is -4.28. The smallest absolute Gasteiger partial charge is 0.310 e. The predicted octanol–water partition coefficient (Wildman–Crippen LogP) is 4.80. The molecule has 0 saturated carbocycles. The molecule has 1 aliphatic heterocycles. The molecule has 0 unspecified atom stereocenters. The van der Waals surface area contributed by atoms with Crippen molar-refractivity contribution in [2.24, 2.45) is 0 Å². The van der Waals surface area contributed by atoms with Gasteiger partial charge in [0.2, 0.25) is 0 Å². The van der Waals surface area contributed by atoms with E-state index in [1.807, 2.05) is 12.1 Å². The molecule has 3 rings (SSSR count). The zero-order chi connectivity index (χ0) is 14.9. The van der Waals surface area contributed by atoms with Crippen LogP contribution in [-0.4, -0.2) is 6.54 Å². The first-order valence-electron chi connectivity index (χ1n) is 7.05. The Hall–Kier alpha value is -1.81. The normalized spacial score (nSPS) is 18.9. The summed E-state index contributed by atoms with van der Waals surface area (Å²) in [5, 5.41) is 3.43. The van der Waals surface area contributed by atoms with Gasteiger partial charge < -0.3 is 5.32 Å². The molecule has 1 N–H and O–H groups in total. The van der Waals surface area contributed by atoms with E-state index in [0.717, 1.165) is 36.2 Å². The van der Waals surface area contributed by atoms with E-state index in [1.165, 1.54) is 24.1 Å². The Morgan fingerprint density at radius 2 is 1.43 bits per heavy atom. The maximum atomic E-state index is 12.5. The van der Waals surface area contributed by atoms with Gasteiger partial charge in [-0.25, -0.2) is 0 Å². The summed E-state index contributed by atoms with van der Waals surface area (Å²) in [6.45, 7) is 1.05. The Morgan fingerprint density at radius 1 is 0.857 bits per heavy atom. The first-order valence-corrected chi connectivity index (χ1v) is 7.05. The highest BCUT2D eigenvalue weighted by atomic mass is 19.4. The van der Waals surface area contributed by atoms with Gasteiger partial charge in [0.05, 0.1) is 5.56 Å². The SMILES string of the molecule is FC(F)(F)c1ccc(-c2ccc([C@H]3CCCN3)cc2)cc1. The molecule has 0 bridgehead atoms. The zero-order valence-corrected chi connectivity index (χ0v) is 11.5. The summed E-state index contributed by atoms with van der Waals surface area (Å²) in [5.74, 6) is 0. The van der Waals surface area contributed by atoms with Crippen LogP contribution in [-0.2, 0) is 6.18 Å². The first-order chi connectivity index (χ1) is 10.0. The third-order valence-corrected chi connectivity index (χ3v) is 3.92. The van der Waals surface area contributed by atoms with Crippen molar-refractivity contribution in [2.45, 2.75) is 25.1 Å². The summed E-state index contributed by atoms with van der Waals surface area (Å²) in [6.07, 6.45) is -1.96. The van der Waals surface area contributed by atoms with E-state index in [9.17, 15) is 13.2 Å². The molecule has 1 heterocycles. The molecular formula is C17H16F3N. The van der Waals surface area contributed by atoms with Crippen LogP contribution in [0.5, 0.6) is 0 Å². The van der Waals surface area contributed by atoms with Crippen LogP contribution >= 0.6 is 0 Å². The van der Waals surface area contributed by atoms with Gasteiger partial charge >= 0.3 is 6.18 Å². The van der Waals surface area contributed by atoms with Gasteiger partial charge in [0.1, 0.15) is 0 Å². The van der Waals surface area contributed by atoms with Crippen LogP contribution in [0.1, 0.15) is 30.0 Å². The van der Waals surface area contributed by atoms with Crippen molar-refractivity contribution >= 4 is 0 Å². The number of hydrogen-bond acceptors (Lipinski definition) is 1. The average molecular weight is 291 g/mol. The molecule has 0 aromatic heterocycles. The zero-order valence-electron chi connectivity index (χ0n) is 11.5. The Morgan fingerprint density at radius 3 is 1.90 bits per heavy atom. The molecule has 2 aromatic rings. The van der Waals surface area contributed by atoms with Gasteiger partial charge in [-0.05, 0) is 48.2 Å². The molecule has 1 saturated heterocycles. The highest BCUT2D eigenvalue weighted by Gasteiger charge is 2.29. The largest absolute Gasteiger partial charge is 0.416 e. The van der Waals surface area contributed by atoms with Gasteiger partial charge in [0.15, 0.2) is 0 Å². The molecule has 1 atom stereocenters. The first kappa shape index (κ1) is 14.1. The highest BCUT2D eigenvalue weighted by Crippen LogP contribution is 2.31. The van der Waals surface area contributed by atoms with Crippen molar-refractivity contribution in [3.8, 4) is 11.1 Å². The quantitative estimate of drug-likeness (QED) is 0.838. The third-order valence-electron chi connectivity index (χ3n) is 3.92. The van der Waals surface area contributed by atoms with Gasteiger partial charge in [-0.2, -0.15) is 13.2 Å². The number of rotatable bonds is 2. The molecule has 4 heteroatoms. The number of halogens is 3. The molecule has 0 amide bonds. The fourth-order valence-corrected chi connectivity index (χ4v) is 2.73. The van der Waals surface area contributed by atoms with E-state index in [2.05, 4.69) is 17.4 Å². The Bertz CT molecular complexity index is 593. The van der Waals surface area contributed by atoms with Crippen molar-refractivity contribution in [3.63, 3.8) is 0 Å². The van der Waals surface area contributed by atoms with Crippen LogP contribution in [0, 0.1) is 0 Å². The van der Waals surface area contributed by atoms with Crippen molar-refractivity contribution in [1.82, 2.24) is 5.32 Å². The Kier molecular flexibility index (Phi) is 3.72. The van der Waals surface area contributed by atoms with Crippen LogP contribution in [0.3, 0.4) is 0 Å². The number of nitrogens with one attached hydrogen (secondary N) is 1. The maximum absolute atomic E-state index is 12.5. The molecule has 1 nitrogen and oxygen atoms in total. The van der Waals surface area contributed by atoms with E-state index in [4.69, 9.17) is 0 Å². The van der Waals surface area contributed by atoms with E-state index in [0.29, 0.717) is 6.04 Å². The molecule has 0 aliphatic carbocycles. The lowest BCUT2D eigenvalue weighted by Gasteiger charge is -2.12. The van der Waals surface area contributed by atoms with Gasteiger partial charge in [-0.15, -0.1) is 0 Å².